The van der Waals surface area contributed by atoms with Crippen molar-refractivity contribution in [3.8, 4) is 0 Å². The molecule has 0 aromatic heterocycles. The van der Waals surface area contributed by atoms with Gasteiger partial charge in [0.25, 0.3) is 0 Å². The number of rotatable bonds is 3. The maximum Gasteiger partial charge on any atom is 0.217 e. The Labute approximate surface area is 68.1 Å². The molecule has 1 atom stereocenters. The molecule has 11 heavy (non-hydrogen) atoms. The van der Waals surface area contributed by atoms with Gasteiger partial charge in [-0.3, -0.25) is 4.79 Å². The van der Waals surface area contributed by atoms with Gasteiger partial charge in [-0.2, -0.15) is 0 Å². The summed E-state index contributed by atoms with van der Waals surface area (Å²) in [5, 5.41) is 0. The second kappa shape index (κ2) is 3.72. The Morgan fingerprint density at radius 3 is 2.18 bits per heavy atom. The summed E-state index contributed by atoms with van der Waals surface area (Å²) in [6.07, 6.45) is 1.07. The maximum absolute atomic E-state index is 10.4. The van der Waals surface area contributed by atoms with Crippen LogP contribution in [0, 0.1) is 5.41 Å². The molecule has 0 heterocycles. The Hall–Kier alpha value is -0.570. The van der Waals surface area contributed by atoms with Gasteiger partial charge in [-0.1, -0.05) is 20.8 Å². The second-order valence-corrected chi connectivity index (χ2v) is 3.98. The number of primary amides is 1. The number of hydrogen-bond acceptors (Lipinski definition) is 2. The monoisotopic (exact) mass is 158 g/mol. The van der Waals surface area contributed by atoms with Gasteiger partial charge in [0.15, 0.2) is 0 Å². The Morgan fingerprint density at radius 2 is 1.91 bits per heavy atom. The molecule has 0 fully saturated rings. The SMILES string of the molecule is CC(C)(C)C(N)CCC(N)=O. The number of carbonyl (C=O) groups is 1. The fourth-order valence-electron chi connectivity index (χ4n) is 0.731. The summed E-state index contributed by atoms with van der Waals surface area (Å²) in [4.78, 5) is 10.4. The molecular weight excluding hydrogens is 140 g/mol. The first kappa shape index (κ1) is 10.4. The zero-order chi connectivity index (χ0) is 9.07. The fourth-order valence-corrected chi connectivity index (χ4v) is 0.731. The van der Waals surface area contributed by atoms with Gasteiger partial charge >= 0.3 is 0 Å². The minimum Gasteiger partial charge on any atom is -0.370 e. The van der Waals surface area contributed by atoms with Gasteiger partial charge < -0.3 is 11.5 Å². The minimum atomic E-state index is -0.273. The van der Waals surface area contributed by atoms with E-state index in [1.165, 1.54) is 0 Å². The molecule has 0 aliphatic heterocycles. The second-order valence-electron chi connectivity index (χ2n) is 3.98. The van der Waals surface area contributed by atoms with E-state index in [0.29, 0.717) is 12.8 Å². The Morgan fingerprint density at radius 1 is 1.45 bits per heavy atom. The zero-order valence-corrected chi connectivity index (χ0v) is 7.55. The van der Waals surface area contributed by atoms with Gasteiger partial charge in [0.05, 0.1) is 0 Å². The minimum absolute atomic E-state index is 0.0509. The Kier molecular flexibility index (Phi) is 3.52. The first-order valence-corrected chi connectivity index (χ1v) is 3.88. The van der Waals surface area contributed by atoms with Crippen LogP contribution in [0.15, 0.2) is 0 Å². The van der Waals surface area contributed by atoms with Gasteiger partial charge in [-0.05, 0) is 11.8 Å². The molecule has 1 unspecified atom stereocenters. The van der Waals surface area contributed by atoms with Crippen molar-refractivity contribution in [2.75, 3.05) is 0 Å². The molecule has 4 N–H and O–H groups in total. The van der Waals surface area contributed by atoms with E-state index in [4.69, 9.17) is 11.5 Å². The highest BCUT2D eigenvalue weighted by atomic mass is 16.1. The third-order valence-electron chi connectivity index (χ3n) is 1.81. The van der Waals surface area contributed by atoms with Crippen molar-refractivity contribution in [3.05, 3.63) is 0 Å². The lowest BCUT2D eigenvalue weighted by Gasteiger charge is -2.26. The highest BCUT2D eigenvalue weighted by Gasteiger charge is 2.20. The molecule has 0 bridgehead atoms. The van der Waals surface area contributed by atoms with E-state index in [0.717, 1.165) is 0 Å². The van der Waals surface area contributed by atoms with E-state index in [9.17, 15) is 4.79 Å². The van der Waals surface area contributed by atoms with E-state index in [-0.39, 0.29) is 17.4 Å². The quantitative estimate of drug-likeness (QED) is 0.632. The Bertz CT molecular complexity index is 138. The third kappa shape index (κ3) is 4.79. The molecular formula is C8H18N2O. The summed E-state index contributed by atoms with van der Waals surface area (Å²) in [7, 11) is 0. The zero-order valence-electron chi connectivity index (χ0n) is 7.55. The van der Waals surface area contributed by atoms with Crippen molar-refractivity contribution >= 4 is 5.91 Å². The largest absolute Gasteiger partial charge is 0.370 e. The Balaban J connectivity index is 3.70. The van der Waals surface area contributed by atoms with Crippen LogP contribution in [0.2, 0.25) is 0 Å². The number of amides is 1. The van der Waals surface area contributed by atoms with Gasteiger partial charge in [0.1, 0.15) is 0 Å². The first-order valence-electron chi connectivity index (χ1n) is 3.88. The smallest absolute Gasteiger partial charge is 0.217 e. The molecule has 0 rings (SSSR count). The normalized spacial score (nSPS) is 14.5. The van der Waals surface area contributed by atoms with Gasteiger partial charge in [0.2, 0.25) is 5.91 Å². The molecule has 0 aliphatic carbocycles. The summed E-state index contributed by atoms with van der Waals surface area (Å²) < 4.78 is 0. The molecule has 66 valence electrons. The van der Waals surface area contributed by atoms with Gasteiger partial charge in [0, 0.05) is 12.5 Å². The van der Waals surface area contributed by atoms with Gasteiger partial charge in [-0.25, -0.2) is 0 Å². The molecule has 1 amide bonds. The van der Waals surface area contributed by atoms with Crippen LogP contribution < -0.4 is 11.5 Å². The highest BCUT2D eigenvalue weighted by Crippen LogP contribution is 2.20. The van der Waals surface area contributed by atoms with Crippen LogP contribution in [-0.2, 0) is 4.79 Å². The topological polar surface area (TPSA) is 69.1 Å². The fraction of sp³-hybridized carbons (Fsp3) is 0.875. The van der Waals surface area contributed by atoms with E-state index < -0.39 is 0 Å². The summed E-state index contributed by atoms with van der Waals surface area (Å²) in [5.74, 6) is -0.273. The molecule has 0 saturated carbocycles. The number of carbonyl (C=O) groups excluding carboxylic acids is 1. The maximum atomic E-state index is 10.4. The van der Waals surface area contributed by atoms with Crippen LogP contribution in [0.3, 0.4) is 0 Å². The standard InChI is InChI=1S/C8H18N2O/c1-8(2,3)6(9)4-5-7(10)11/h6H,4-5,9H2,1-3H3,(H2,10,11). The van der Waals surface area contributed by atoms with Crippen molar-refractivity contribution in [3.63, 3.8) is 0 Å². The van der Waals surface area contributed by atoms with Crippen LogP contribution in [0.1, 0.15) is 33.6 Å². The van der Waals surface area contributed by atoms with E-state index in [1.807, 2.05) is 0 Å². The van der Waals surface area contributed by atoms with Crippen LogP contribution in [0.25, 0.3) is 0 Å². The molecule has 0 saturated heterocycles. The molecule has 3 nitrogen and oxygen atoms in total. The summed E-state index contributed by atoms with van der Waals surface area (Å²) in [5.41, 5.74) is 10.8. The molecule has 3 heteroatoms. The van der Waals surface area contributed by atoms with E-state index in [2.05, 4.69) is 20.8 Å². The van der Waals surface area contributed by atoms with Crippen molar-refractivity contribution in [1.82, 2.24) is 0 Å². The third-order valence-corrected chi connectivity index (χ3v) is 1.81. The van der Waals surface area contributed by atoms with Crippen molar-refractivity contribution in [2.24, 2.45) is 16.9 Å². The number of hydrogen-bond donors (Lipinski definition) is 2. The highest BCUT2D eigenvalue weighted by molar-refractivity contribution is 5.73. The van der Waals surface area contributed by atoms with Crippen LogP contribution in [-0.4, -0.2) is 11.9 Å². The average Bonchev–Trinajstić information content (AvgIpc) is 1.80. The molecule has 0 aliphatic rings. The summed E-state index contributed by atoms with van der Waals surface area (Å²) >= 11 is 0. The van der Waals surface area contributed by atoms with Gasteiger partial charge in [-0.15, -0.1) is 0 Å². The number of nitrogens with two attached hydrogens (primary N) is 2. The molecule has 0 aromatic rings. The van der Waals surface area contributed by atoms with Crippen molar-refractivity contribution in [1.29, 1.82) is 0 Å². The molecule has 0 spiro atoms. The van der Waals surface area contributed by atoms with E-state index >= 15 is 0 Å². The predicted octanol–water partition coefficient (Wildman–Crippen LogP) is 0.625. The lowest BCUT2D eigenvalue weighted by molar-refractivity contribution is -0.118. The lowest BCUT2D eigenvalue weighted by atomic mass is 9.85. The molecule has 0 aromatic carbocycles. The predicted molar refractivity (Wildman–Crippen MR) is 45.9 cm³/mol. The molecule has 0 radical (unpaired) electrons. The van der Waals surface area contributed by atoms with Crippen molar-refractivity contribution < 1.29 is 4.79 Å². The summed E-state index contributed by atoms with van der Waals surface area (Å²) in [6, 6.07) is 0.0509. The van der Waals surface area contributed by atoms with Crippen LogP contribution >= 0.6 is 0 Å². The lowest BCUT2D eigenvalue weighted by Crippen LogP contribution is -2.35. The van der Waals surface area contributed by atoms with Crippen LogP contribution in [0.5, 0.6) is 0 Å². The van der Waals surface area contributed by atoms with E-state index in [1.54, 1.807) is 0 Å². The first-order chi connectivity index (χ1) is 4.84. The van der Waals surface area contributed by atoms with Crippen LogP contribution in [0.4, 0.5) is 0 Å². The van der Waals surface area contributed by atoms with Crippen molar-refractivity contribution in [2.45, 2.75) is 39.7 Å². The average molecular weight is 158 g/mol. The summed E-state index contributed by atoms with van der Waals surface area (Å²) in [6.45, 7) is 6.16.